The molecule has 0 saturated heterocycles. The SMILES string of the molecule is CCCCN(CC)C(=O)CC(C)(C)C. The average molecular weight is 199 g/mol. The number of amides is 1. The highest BCUT2D eigenvalue weighted by molar-refractivity contribution is 5.76. The summed E-state index contributed by atoms with van der Waals surface area (Å²) in [6.07, 6.45) is 2.92. The maximum Gasteiger partial charge on any atom is 0.223 e. The second-order valence-corrected chi connectivity index (χ2v) is 5.06. The summed E-state index contributed by atoms with van der Waals surface area (Å²) in [4.78, 5) is 13.8. The molecule has 0 aromatic rings. The van der Waals surface area contributed by atoms with Gasteiger partial charge in [-0.15, -0.1) is 0 Å². The maximum atomic E-state index is 11.8. The summed E-state index contributed by atoms with van der Waals surface area (Å²) in [5.74, 6) is 0.299. The van der Waals surface area contributed by atoms with Crippen molar-refractivity contribution in [1.29, 1.82) is 0 Å². The van der Waals surface area contributed by atoms with Crippen molar-refractivity contribution in [2.24, 2.45) is 5.41 Å². The van der Waals surface area contributed by atoms with Crippen molar-refractivity contribution in [1.82, 2.24) is 4.90 Å². The third-order valence-electron chi connectivity index (χ3n) is 2.20. The molecule has 0 aliphatic rings. The first kappa shape index (κ1) is 13.5. The van der Waals surface area contributed by atoms with E-state index in [-0.39, 0.29) is 5.41 Å². The van der Waals surface area contributed by atoms with Crippen LogP contribution in [0.5, 0.6) is 0 Å². The van der Waals surface area contributed by atoms with E-state index in [1.54, 1.807) is 0 Å². The second-order valence-electron chi connectivity index (χ2n) is 5.06. The Balaban J connectivity index is 4.04. The van der Waals surface area contributed by atoms with Gasteiger partial charge in [0.25, 0.3) is 0 Å². The van der Waals surface area contributed by atoms with Gasteiger partial charge >= 0.3 is 0 Å². The molecule has 2 heteroatoms. The Morgan fingerprint density at radius 2 is 1.79 bits per heavy atom. The molecule has 1 amide bonds. The van der Waals surface area contributed by atoms with Crippen LogP contribution >= 0.6 is 0 Å². The normalized spacial score (nSPS) is 11.5. The number of rotatable bonds is 5. The van der Waals surface area contributed by atoms with Gasteiger partial charge in [-0.25, -0.2) is 0 Å². The fourth-order valence-electron chi connectivity index (χ4n) is 1.37. The predicted molar refractivity (Wildman–Crippen MR) is 61.2 cm³/mol. The van der Waals surface area contributed by atoms with Crippen molar-refractivity contribution in [2.75, 3.05) is 13.1 Å². The Kier molecular flexibility index (Phi) is 5.82. The van der Waals surface area contributed by atoms with Gasteiger partial charge in [0, 0.05) is 19.5 Å². The first-order valence-electron chi connectivity index (χ1n) is 5.68. The van der Waals surface area contributed by atoms with Crippen molar-refractivity contribution in [3.8, 4) is 0 Å². The quantitative estimate of drug-likeness (QED) is 0.666. The number of carbonyl (C=O) groups excluding carboxylic acids is 1. The lowest BCUT2D eigenvalue weighted by atomic mass is 9.91. The van der Waals surface area contributed by atoms with Gasteiger partial charge in [-0.05, 0) is 18.8 Å². The fourth-order valence-corrected chi connectivity index (χ4v) is 1.37. The third kappa shape index (κ3) is 6.01. The summed E-state index contributed by atoms with van der Waals surface area (Å²) >= 11 is 0. The zero-order valence-electron chi connectivity index (χ0n) is 10.4. The molecule has 0 aromatic carbocycles. The van der Waals surface area contributed by atoms with Gasteiger partial charge in [-0.3, -0.25) is 4.79 Å². The maximum absolute atomic E-state index is 11.8. The van der Waals surface area contributed by atoms with Crippen molar-refractivity contribution in [3.05, 3.63) is 0 Å². The van der Waals surface area contributed by atoms with Crippen molar-refractivity contribution >= 4 is 5.91 Å². The average Bonchev–Trinajstić information content (AvgIpc) is 2.02. The topological polar surface area (TPSA) is 20.3 Å². The number of unbranched alkanes of at least 4 members (excludes halogenated alkanes) is 1. The highest BCUT2D eigenvalue weighted by Crippen LogP contribution is 2.19. The van der Waals surface area contributed by atoms with E-state index in [1.807, 2.05) is 4.90 Å². The number of hydrogen-bond donors (Lipinski definition) is 0. The zero-order chi connectivity index (χ0) is 11.2. The summed E-state index contributed by atoms with van der Waals surface area (Å²) in [5.41, 5.74) is 0.108. The molecule has 0 N–H and O–H groups in total. The lowest BCUT2D eigenvalue weighted by Crippen LogP contribution is -2.34. The minimum absolute atomic E-state index is 0.108. The Hall–Kier alpha value is -0.530. The zero-order valence-corrected chi connectivity index (χ0v) is 10.4. The van der Waals surface area contributed by atoms with Gasteiger partial charge in [0.15, 0.2) is 0 Å². The van der Waals surface area contributed by atoms with Crippen LogP contribution in [-0.2, 0) is 4.79 Å². The van der Waals surface area contributed by atoms with Crippen LogP contribution in [-0.4, -0.2) is 23.9 Å². The molecule has 0 unspecified atom stereocenters. The third-order valence-corrected chi connectivity index (χ3v) is 2.20. The molecule has 0 saturated carbocycles. The van der Waals surface area contributed by atoms with Crippen molar-refractivity contribution < 1.29 is 4.79 Å². The minimum atomic E-state index is 0.108. The summed E-state index contributed by atoms with van der Waals surface area (Å²) in [6, 6.07) is 0. The van der Waals surface area contributed by atoms with Gasteiger partial charge in [-0.2, -0.15) is 0 Å². The van der Waals surface area contributed by atoms with Gasteiger partial charge in [0.1, 0.15) is 0 Å². The second kappa shape index (κ2) is 6.05. The van der Waals surface area contributed by atoms with Crippen LogP contribution in [0.4, 0.5) is 0 Å². The molecule has 0 spiro atoms. The van der Waals surface area contributed by atoms with Crippen LogP contribution in [0, 0.1) is 5.41 Å². The van der Waals surface area contributed by atoms with Crippen molar-refractivity contribution in [3.63, 3.8) is 0 Å². The van der Waals surface area contributed by atoms with E-state index in [4.69, 9.17) is 0 Å². The molecule has 2 nitrogen and oxygen atoms in total. The molecule has 0 aliphatic carbocycles. The van der Waals surface area contributed by atoms with Crippen LogP contribution in [0.2, 0.25) is 0 Å². The van der Waals surface area contributed by atoms with E-state index in [0.717, 1.165) is 25.9 Å². The molecule has 14 heavy (non-hydrogen) atoms. The van der Waals surface area contributed by atoms with E-state index in [1.165, 1.54) is 0 Å². The molecule has 0 atom stereocenters. The first-order valence-corrected chi connectivity index (χ1v) is 5.68. The van der Waals surface area contributed by atoms with E-state index >= 15 is 0 Å². The van der Waals surface area contributed by atoms with Gasteiger partial charge in [0.05, 0.1) is 0 Å². The van der Waals surface area contributed by atoms with Gasteiger partial charge in [0.2, 0.25) is 5.91 Å². The van der Waals surface area contributed by atoms with Crippen LogP contribution in [0.1, 0.15) is 53.9 Å². The summed E-state index contributed by atoms with van der Waals surface area (Å²) in [5, 5.41) is 0. The standard InChI is InChI=1S/C12H25NO/c1-6-8-9-13(7-2)11(14)10-12(3,4)5/h6-10H2,1-5H3. The Bertz CT molecular complexity index is 170. The molecule has 0 bridgehead atoms. The van der Waals surface area contributed by atoms with Crippen LogP contribution in [0.25, 0.3) is 0 Å². The Morgan fingerprint density at radius 3 is 2.14 bits per heavy atom. The van der Waals surface area contributed by atoms with E-state index in [2.05, 4.69) is 34.6 Å². The lowest BCUT2D eigenvalue weighted by molar-refractivity contribution is -0.132. The molecular weight excluding hydrogens is 174 g/mol. The van der Waals surface area contributed by atoms with Crippen molar-refractivity contribution in [2.45, 2.75) is 53.9 Å². The van der Waals surface area contributed by atoms with Crippen LogP contribution in [0.15, 0.2) is 0 Å². The monoisotopic (exact) mass is 199 g/mol. The Labute approximate surface area is 88.7 Å². The van der Waals surface area contributed by atoms with Crippen LogP contribution in [0.3, 0.4) is 0 Å². The molecule has 0 aliphatic heterocycles. The minimum Gasteiger partial charge on any atom is -0.343 e. The molecule has 0 fully saturated rings. The summed E-state index contributed by atoms with van der Waals surface area (Å²) in [6.45, 7) is 12.3. The lowest BCUT2D eigenvalue weighted by Gasteiger charge is -2.25. The van der Waals surface area contributed by atoms with E-state index < -0.39 is 0 Å². The van der Waals surface area contributed by atoms with E-state index in [0.29, 0.717) is 12.3 Å². The molecule has 84 valence electrons. The summed E-state index contributed by atoms with van der Waals surface area (Å²) < 4.78 is 0. The Morgan fingerprint density at radius 1 is 1.21 bits per heavy atom. The number of carbonyl (C=O) groups is 1. The van der Waals surface area contributed by atoms with Gasteiger partial charge in [-0.1, -0.05) is 34.1 Å². The number of hydrogen-bond acceptors (Lipinski definition) is 1. The first-order chi connectivity index (χ1) is 6.40. The van der Waals surface area contributed by atoms with Gasteiger partial charge < -0.3 is 4.90 Å². The van der Waals surface area contributed by atoms with Crippen LogP contribution < -0.4 is 0 Å². The molecule has 0 aromatic heterocycles. The smallest absolute Gasteiger partial charge is 0.223 e. The molecule has 0 radical (unpaired) electrons. The predicted octanol–water partition coefficient (Wildman–Crippen LogP) is 3.07. The molecular formula is C12H25NO. The molecule has 0 heterocycles. The highest BCUT2D eigenvalue weighted by atomic mass is 16.2. The van der Waals surface area contributed by atoms with E-state index in [9.17, 15) is 4.79 Å². The number of nitrogens with zero attached hydrogens (tertiary/aromatic N) is 1. The highest BCUT2D eigenvalue weighted by Gasteiger charge is 2.19. The fraction of sp³-hybridized carbons (Fsp3) is 0.917. The summed E-state index contributed by atoms with van der Waals surface area (Å²) in [7, 11) is 0. The largest absolute Gasteiger partial charge is 0.343 e. The molecule has 0 rings (SSSR count).